The standard InChI is InChI=1S/C10H20N4O2S/c1-5-10(3,4)13-17(15,16)8-7-14(6-2)12-9(8)11/h7,13H,5-6H2,1-4H3,(H2,11,12). The molecule has 1 heterocycles. The Morgan fingerprint density at radius 3 is 2.47 bits per heavy atom. The summed E-state index contributed by atoms with van der Waals surface area (Å²) in [4.78, 5) is 0.0425. The number of aromatic nitrogens is 2. The fraction of sp³-hybridized carbons (Fsp3) is 0.700. The zero-order chi connectivity index (χ0) is 13.3. The molecular formula is C10H20N4O2S. The Labute approximate surface area is 102 Å². The van der Waals surface area contributed by atoms with Crippen molar-refractivity contribution >= 4 is 15.8 Å². The zero-order valence-electron chi connectivity index (χ0n) is 10.7. The molecule has 0 unspecified atom stereocenters. The van der Waals surface area contributed by atoms with Gasteiger partial charge in [0.1, 0.15) is 4.90 Å². The van der Waals surface area contributed by atoms with Gasteiger partial charge in [-0.15, -0.1) is 0 Å². The number of anilines is 1. The smallest absolute Gasteiger partial charge is 0.246 e. The molecule has 0 aliphatic carbocycles. The van der Waals surface area contributed by atoms with Crippen molar-refractivity contribution in [3.05, 3.63) is 6.20 Å². The quantitative estimate of drug-likeness (QED) is 0.824. The summed E-state index contributed by atoms with van der Waals surface area (Å²) in [5, 5.41) is 3.93. The van der Waals surface area contributed by atoms with Crippen LogP contribution in [0.1, 0.15) is 34.1 Å². The Bertz CT molecular complexity index is 490. The van der Waals surface area contributed by atoms with E-state index in [9.17, 15) is 8.42 Å². The van der Waals surface area contributed by atoms with Crippen LogP contribution >= 0.6 is 0 Å². The first-order chi connectivity index (χ1) is 7.72. The van der Waals surface area contributed by atoms with Gasteiger partial charge in [-0.1, -0.05) is 6.92 Å². The van der Waals surface area contributed by atoms with Crippen LogP contribution in [0.4, 0.5) is 5.82 Å². The van der Waals surface area contributed by atoms with Crippen LogP contribution in [0, 0.1) is 0 Å². The highest BCUT2D eigenvalue weighted by molar-refractivity contribution is 7.89. The topological polar surface area (TPSA) is 90.0 Å². The normalized spacial score (nSPS) is 12.9. The Kier molecular flexibility index (Phi) is 3.83. The first-order valence-corrected chi connectivity index (χ1v) is 7.07. The predicted octanol–water partition coefficient (Wildman–Crippen LogP) is 0.952. The molecule has 98 valence electrons. The average molecular weight is 260 g/mol. The van der Waals surface area contributed by atoms with Crippen molar-refractivity contribution in [2.24, 2.45) is 0 Å². The van der Waals surface area contributed by atoms with E-state index in [1.54, 1.807) is 0 Å². The number of hydrogen-bond acceptors (Lipinski definition) is 4. The first kappa shape index (κ1) is 14.0. The van der Waals surface area contributed by atoms with E-state index in [1.807, 2.05) is 27.7 Å². The third-order valence-corrected chi connectivity index (χ3v) is 4.38. The summed E-state index contributed by atoms with van der Waals surface area (Å²) in [7, 11) is -3.61. The van der Waals surface area contributed by atoms with Gasteiger partial charge in [0, 0.05) is 18.3 Å². The van der Waals surface area contributed by atoms with Crippen molar-refractivity contribution in [3.8, 4) is 0 Å². The molecule has 0 radical (unpaired) electrons. The highest BCUT2D eigenvalue weighted by Gasteiger charge is 2.27. The Morgan fingerprint density at radius 2 is 2.06 bits per heavy atom. The van der Waals surface area contributed by atoms with E-state index in [0.29, 0.717) is 13.0 Å². The first-order valence-electron chi connectivity index (χ1n) is 5.58. The SMILES string of the molecule is CCn1cc(S(=O)(=O)NC(C)(C)CC)c(N)n1. The Morgan fingerprint density at radius 1 is 1.47 bits per heavy atom. The molecule has 1 rings (SSSR count). The summed E-state index contributed by atoms with van der Waals surface area (Å²) in [5.41, 5.74) is 5.11. The lowest BCUT2D eigenvalue weighted by Gasteiger charge is -2.23. The lowest BCUT2D eigenvalue weighted by Crippen LogP contribution is -2.42. The number of rotatable bonds is 5. The van der Waals surface area contributed by atoms with Gasteiger partial charge in [0.05, 0.1) is 0 Å². The maximum atomic E-state index is 12.1. The molecule has 0 aromatic carbocycles. The molecule has 0 spiro atoms. The Hall–Kier alpha value is -1.08. The van der Waals surface area contributed by atoms with Crippen molar-refractivity contribution in [1.82, 2.24) is 14.5 Å². The molecule has 17 heavy (non-hydrogen) atoms. The summed E-state index contributed by atoms with van der Waals surface area (Å²) < 4.78 is 28.3. The lowest BCUT2D eigenvalue weighted by atomic mass is 10.0. The summed E-state index contributed by atoms with van der Waals surface area (Å²) in [6.07, 6.45) is 2.14. The van der Waals surface area contributed by atoms with Crippen LogP contribution in [0.2, 0.25) is 0 Å². The third kappa shape index (κ3) is 3.19. The van der Waals surface area contributed by atoms with E-state index < -0.39 is 15.6 Å². The van der Waals surface area contributed by atoms with Crippen molar-refractivity contribution in [3.63, 3.8) is 0 Å². The molecule has 0 aliphatic heterocycles. The van der Waals surface area contributed by atoms with Crippen LogP contribution in [0.15, 0.2) is 11.1 Å². The second kappa shape index (κ2) is 4.66. The predicted molar refractivity (Wildman–Crippen MR) is 67.0 cm³/mol. The van der Waals surface area contributed by atoms with Crippen LogP contribution in [0.5, 0.6) is 0 Å². The molecule has 6 nitrogen and oxygen atoms in total. The summed E-state index contributed by atoms with van der Waals surface area (Å²) >= 11 is 0. The van der Waals surface area contributed by atoms with Gasteiger partial charge in [0.15, 0.2) is 5.82 Å². The van der Waals surface area contributed by atoms with Crippen LogP contribution in [0.3, 0.4) is 0 Å². The molecule has 0 atom stereocenters. The van der Waals surface area contributed by atoms with E-state index in [1.165, 1.54) is 10.9 Å². The number of aryl methyl sites for hydroxylation is 1. The van der Waals surface area contributed by atoms with Gasteiger partial charge in [0.2, 0.25) is 10.0 Å². The van der Waals surface area contributed by atoms with E-state index in [-0.39, 0.29) is 10.7 Å². The number of hydrogen-bond donors (Lipinski definition) is 2. The maximum Gasteiger partial charge on any atom is 0.246 e. The molecule has 0 saturated heterocycles. The van der Waals surface area contributed by atoms with Gasteiger partial charge in [-0.3, -0.25) is 4.68 Å². The number of sulfonamides is 1. The minimum Gasteiger partial charge on any atom is -0.381 e. The largest absolute Gasteiger partial charge is 0.381 e. The van der Waals surface area contributed by atoms with Crippen molar-refractivity contribution in [2.45, 2.75) is 51.1 Å². The minimum atomic E-state index is -3.61. The van der Waals surface area contributed by atoms with Crippen LogP contribution < -0.4 is 10.5 Å². The average Bonchev–Trinajstić information content (AvgIpc) is 2.59. The van der Waals surface area contributed by atoms with Gasteiger partial charge < -0.3 is 5.73 Å². The van der Waals surface area contributed by atoms with Crippen molar-refractivity contribution in [1.29, 1.82) is 0 Å². The fourth-order valence-electron chi connectivity index (χ4n) is 1.28. The molecule has 3 N–H and O–H groups in total. The highest BCUT2D eigenvalue weighted by Crippen LogP contribution is 2.19. The van der Waals surface area contributed by atoms with E-state index >= 15 is 0 Å². The second-order valence-electron chi connectivity index (χ2n) is 4.58. The van der Waals surface area contributed by atoms with Crippen LogP contribution in [-0.2, 0) is 16.6 Å². The zero-order valence-corrected chi connectivity index (χ0v) is 11.5. The lowest BCUT2D eigenvalue weighted by molar-refractivity contribution is 0.439. The van der Waals surface area contributed by atoms with Crippen LogP contribution in [0.25, 0.3) is 0 Å². The van der Waals surface area contributed by atoms with Gasteiger partial charge in [-0.25, -0.2) is 13.1 Å². The van der Waals surface area contributed by atoms with Crippen LogP contribution in [-0.4, -0.2) is 23.7 Å². The monoisotopic (exact) mass is 260 g/mol. The fourth-order valence-corrected chi connectivity index (χ4v) is 2.84. The molecule has 0 fully saturated rings. The third-order valence-electron chi connectivity index (χ3n) is 2.66. The van der Waals surface area contributed by atoms with Gasteiger partial charge in [-0.2, -0.15) is 5.10 Å². The van der Waals surface area contributed by atoms with E-state index in [0.717, 1.165) is 0 Å². The van der Waals surface area contributed by atoms with Gasteiger partial charge >= 0.3 is 0 Å². The van der Waals surface area contributed by atoms with Gasteiger partial charge in [0.25, 0.3) is 0 Å². The number of nitrogens with one attached hydrogen (secondary N) is 1. The molecular weight excluding hydrogens is 240 g/mol. The van der Waals surface area contributed by atoms with Crippen molar-refractivity contribution in [2.75, 3.05) is 5.73 Å². The van der Waals surface area contributed by atoms with E-state index in [4.69, 9.17) is 5.73 Å². The Balaban J connectivity index is 3.09. The molecule has 0 saturated carbocycles. The molecule has 7 heteroatoms. The summed E-state index contributed by atoms with van der Waals surface area (Å²) in [5.74, 6) is 0.0336. The van der Waals surface area contributed by atoms with E-state index in [2.05, 4.69) is 9.82 Å². The van der Waals surface area contributed by atoms with Crippen molar-refractivity contribution < 1.29 is 8.42 Å². The molecule has 1 aromatic heterocycles. The highest BCUT2D eigenvalue weighted by atomic mass is 32.2. The minimum absolute atomic E-state index is 0.0336. The summed E-state index contributed by atoms with van der Waals surface area (Å²) in [6.45, 7) is 8.01. The summed E-state index contributed by atoms with van der Waals surface area (Å²) in [6, 6.07) is 0. The second-order valence-corrected chi connectivity index (χ2v) is 6.23. The number of nitrogen functional groups attached to an aromatic ring is 1. The molecule has 0 aliphatic rings. The maximum absolute atomic E-state index is 12.1. The number of nitrogens with two attached hydrogens (primary N) is 1. The molecule has 0 amide bonds. The number of nitrogens with zero attached hydrogens (tertiary/aromatic N) is 2. The molecule has 1 aromatic rings. The molecule has 0 bridgehead atoms. The van der Waals surface area contributed by atoms with Gasteiger partial charge in [-0.05, 0) is 27.2 Å².